The van der Waals surface area contributed by atoms with E-state index in [-0.39, 0.29) is 10.6 Å². The van der Waals surface area contributed by atoms with Gasteiger partial charge in [-0.3, -0.25) is 0 Å². The molecule has 0 spiro atoms. The summed E-state index contributed by atoms with van der Waals surface area (Å²) in [5.41, 5.74) is 1.07. The molecule has 0 amide bonds. The van der Waals surface area contributed by atoms with Gasteiger partial charge in [0.05, 0.1) is 5.69 Å². The summed E-state index contributed by atoms with van der Waals surface area (Å²) in [7, 11) is 0. The zero-order chi connectivity index (χ0) is 18.9. The van der Waals surface area contributed by atoms with E-state index < -0.39 is 41.5 Å². The smallest absolute Gasteiger partial charge is 0.351 e. The van der Waals surface area contributed by atoms with Gasteiger partial charge in [0.15, 0.2) is 10.6 Å². The van der Waals surface area contributed by atoms with Crippen molar-refractivity contribution in [2.45, 2.75) is 37.5 Å². The summed E-state index contributed by atoms with van der Waals surface area (Å²) in [6, 6.07) is 2.68. The van der Waals surface area contributed by atoms with Crippen LogP contribution in [-0.4, -0.2) is 37.4 Å². The summed E-state index contributed by atoms with van der Waals surface area (Å²) >= 11 is -2.42. The molecule has 4 nitrogen and oxygen atoms in total. The molecule has 0 radical (unpaired) electrons. The maximum Gasteiger partial charge on any atom is 0.351 e. The van der Waals surface area contributed by atoms with Crippen LogP contribution >= 0.6 is 0 Å². The molecule has 0 N–H and O–H groups in total. The van der Waals surface area contributed by atoms with Gasteiger partial charge in [0, 0.05) is 11.6 Å². The molecular weight excluding hydrogens is 372 g/mol. The van der Waals surface area contributed by atoms with Gasteiger partial charge in [-0.2, -0.15) is 8.78 Å². The number of aromatic nitrogens is 3. The minimum atomic E-state index is -4.40. The van der Waals surface area contributed by atoms with Crippen molar-refractivity contribution in [3.8, 4) is 5.69 Å². The molecule has 25 heavy (non-hydrogen) atoms. The van der Waals surface area contributed by atoms with Crippen molar-refractivity contribution in [2.75, 3.05) is 5.75 Å². The van der Waals surface area contributed by atoms with Crippen LogP contribution in [0.1, 0.15) is 23.4 Å². The van der Waals surface area contributed by atoms with Gasteiger partial charge in [-0.05, 0) is 36.7 Å². The largest absolute Gasteiger partial charge is 0.611 e. The quantitative estimate of drug-likeness (QED) is 0.561. The SMILES string of the molecule is Cc1cc(C)c([S+]([O-])CC(F)(F)C(F)F)cc1-n1cnc(C(F)F)n1. The average molecular weight is 385 g/mol. The number of aryl methyl sites for hydroxylation is 2. The Balaban J connectivity index is 2.40. The predicted molar refractivity (Wildman–Crippen MR) is 78.0 cm³/mol. The minimum Gasteiger partial charge on any atom is -0.611 e. The van der Waals surface area contributed by atoms with Crippen LogP contribution in [-0.2, 0) is 11.2 Å². The van der Waals surface area contributed by atoms with Gasteiger partial charge >= 0.3 is 12.3 Å². The number of alkyl halides is 6. The lowest BCUT2D eigenvalue weighted by Crippen LogP contribution is -2.35. The van der Waals surface area contributed by atoms with Crippen molar-refractivity contribution in [3.05, 3.63) is 35.4 Å². The Bertz CT molecular complexity index is 752. The van der Waals surface area contributed by atoms with E-state index in [2.05, 4.69) is 10.1 Å². The molecule has 0 aliphatic heterocycles. The second-order valence-electron chi connectivity index (χ2n) is 5.30. The molecule has 0 aliphatic carbocycles. The topological polar surface area (TPSA) is 53.8 Å². The van der Waals surface area contributed by atoms with Crippen LogP contribution in [0.2, 0.25) is 0 Å². The third-order valence-electron chi connectivity index (χ3n) is 3.33. The first-order chi connectivity index (χ1) is 11.5. The molecule has 1 aromatic carbocycles. The van der Waals surface area contributed by atoms with Gasteiger partial charge in [0.2, 0.25) is 5.82 Å². The molecule has 138 valence electrons. The highest BCUT2D eigenvalue weighted by atomic mass is 32.2. The lowest BCUT2D eigenvalue weighted by Gasteiger charge is -2.20. The van der Waals surface area contributed by atoms with Crippen LogP contribution in [0.3, 0.4) is 0 Å². The molecule has 1 heterocycles. The summed E-state index contributed by atoms with van der Waals surface area (Å²) in [5.74, 6) is -6.68. The standard InChI is InChI=1S/C14H13F6N3OS/c1-7-3-8(2)10(25(24)5-14(19,20)13(17)18)4-9(7)23-6-21-12(22-23)11(15)16/h3-4,6,11,13H,5H2,1-2H3. The highest BCUT2D eigenvalue weighted by Crippen LogP contribution is 2.30. The van der Waals surface area contributed by atoms with E-state index in [1.165, 1.54) is 19.1 Å². The number of benzene rings is 1. The van der Waals surface area contributed by atoms with E-state index in [1.807, 2.05) is 0 Å². The summed E-state index contributed by atoms with van der Waals surface area (Å²) in [6.45, 7) is 3.09. The Morgan fingerprint density at radius 2 is 1.80 bits per heavy atom. The van der Waals surface area contributed by atoms with E-state index in [9.17, 15) is 30.9 Å². The van der Waals surface area contributed by atoms with Crippen molar-refractivity contribution < 1.29 is 30.9 Å². The lowest BCUT2D eigenvalue weighted by atomic mass is 10.1. The number of nitrogens with zero attached hydrogens (tertiary/aromatic N) is 3. The van der Waals surface area contributed by atoms with Gasteiger partial charge in [-0.25, -0.2) is 27.2 Å². The van der Waals surface area contributed by atoms with Crippen LogP contribution in [0.4, 0.5) is 26.3 Å². The summed E-state index contributed by atoms with van der Waals surface area (Å²) in [4.78, 5) is 3.32. The summed E-state index contributed by atoms with van der Waals surface area (Å²) in [6.07, 6.45) is -5.84. The van der Waals surface area contributed by atoms with Crippen LogP contribution in [0.25, 0.3) is 5.69 Å². The lowest BCUT2D eigenvalue weighted by molar-refractivity contribution is -0.111. The number of rotatable bonds is 6. The van der Waals surface area contributed by atoms with E-state index in [0.717, 1.165) is 11.0 Å². The first-order valence-corrected chi connectivity index (χ1v) is 8.20. The highest BCUT2D eigenvalue weighted by molar-refractivity contribution is 7.91. The van der Waals surface area contributed by atoms with Crippen LogP contribution in [0, 0.1) is 13.8 Å². The summed E-state index contributed by atoms with van der Waals surface area (Å²) < 4.78 is 89.2. The van der Waals surface area contributed by atoms with E-state index in [0.29, 0.717) is 11.1 Å². The Hall–Kier alpha value is -1.75. The second-order valence-corrected chi connectivity index (χ2v) is 6.72. The number of halogens is 6. The van der Waals surface area contributed by atoms with Crippen LogP contribution in [0.15, 0.2) is 23.4 Å². The zero-order valence-corrected chi connectivity index (χ0v) is 13.8. The molecule has 2 aromatic rings. The Morgan fingerprint density at radius 3 is 2.32 bits per heavy atom. The molecule has 1 unspecified atom stereocenters. The van der Waals surface area contributed by atoms with Crippen LogP contribution in [0.5, 0.6) is 0 Å². The van der Waals surface area contributed by atoms with Gasteiger partial charge < -0.3 is 4.55 Å². The maximum atomic E-state index is 13.2. The van der Waals surface area contributed by atoms with Crippen LogP contribution < -0.4 is 0 Å². The minimum absolute atomic E-state index is 0.102. The van der Waals surface area contributed by atoms with Gasteiger partial charge in [0.25, 0.3) is 6.43 Å². The Morgan fingerprint density at radius 1 is 1.16 bits per heavy atom. The third kappa shape index (κ3) is 4.27. The predicted octanol–water partition coefficient (Wildman–Crippen LogP) is 3.83. The number of hydrogen-bond acceptors (Lipinski definition) is 3. The first-order valence-electron chi connectivity index (χ1n) is 6.88. The molecule has 0 bridgehead atoms. The van der Waals surface area contributed by atoms with Crippen molar-refractivity contribution in [1.82, 2.24) is 14.8 Å². The van der Waals surface area contributed by atoms with E-state index in [1.54, 1.807) is 6.92 Å². The fraction of sp³-hybridized carbons (Fsp3) is 0.429. The molecule has 0 fully saturated rings. The average Bonchev–Trinajstić information content (AvgIpc) is 2.96. The maximum absolute atomic E-state index is 13.2. The molecule has 2 rings (SSSR count). The molecule has 1 aromatic heterocycles. The molecule has 0 saturated heterocycles. The third-order valence-corrected chi connectivity index (χ3v) is 4.91. The highest BCUT2D eigenvalue weighted by Gasteiger charge is 2.46. The van der Waals surface area contributed by atoms with E-state index >= 15 is 0 Å². The zero-order valence-electron chi connectivity index (χ0n) is 13.0. The monoisotopic (exact) mass is 385 g/mol. The van der Waals surface area contributed by atoms with E-state index in [4.69, 9.17) is 0 Å². The fourth-order valence-electron chi connectivity index (χ4n) is 2.12. The molecule has 1 atom stereocenters. The van der Waals surface area contributed by atoms with Gasteiger partial charge in [-0.1, -0.05) is 0 Å². The van der Waals surface area contributed by atoms with Crippen molar-refractivity contribution in [1.29, 1.82) is 0 Å². The number of hydrogen-bond donors (Lipinski definition) is 0. The van der Waals surface area contributed by atoms with Crippen molar-refractivity contribution >= 4 is 11.2 Å². The second kappa shape index (κ2) is 7.24. The normalized spacial score (nSPS) is 13.7. The molecule has 11 heteroatoms. The Labute approximate surface area is 142 Å². The van der Waals surface area contributed by atoms with Gasteiger partial charge in [0.1, 0.15) is 6.33 Å². The molecular formula is C14H13F6N3OS. The van der Waals surface area contributed by atoms with Crippen molar-refractivity contribution in [2.24, 2.45) is 0 Å². The molecule has 0 aliphatic rings. The fourth-order valence-corrected chi connectivity index (χ4v) is 3.41. The Kier molecular flexibility index (Phi) is 5.67. The summed E-state index contributed by atoms with van der Waals surface area (Å²) in [5, 5.41) is 3.56. The van der Waals surface area contributed by atoms with Crippen molar-refractivity contribution in [3.63, 3.8) is 0 Å². The van der Waals surface area contributed by atoms with Gasteiger partial charge in [-0.15, -0.1) is 5.10 Å². The first kappa shape index (κ1) is 19.6. The molecule has 0 saturated carbocycles.